The lowest BCUT2D eigenvalue weighted by Crippen LogP contribution is -2.38. The normalized spacial score (nSPS) is 10.4. The minimum Gasteiger partial charge on any atom is -0.354 e. The lowest BCUT2D eigenvalue weighted by Gasteiger charge is -2.23. The van der Waals surface area contributed by atoms with Crippen molar-refractivity contribution in [1.82, 2.24) is 5.32 Å². The smallest absolute Gasteiger partial charge is 0.224 e. The highest BCUT2D eigenvalue weighted by molar-refractivity contribution is 6.39. The van der Waals surface area contributed by atoms with E-state index in [1.807, 2.05) is 31.2 Å². The number of nitrogens with zero attached hydrogens (tertiary/aromatic N) is 1. The summed E-state index contributed by atoms with van der Waals surface area (Å²) in [6.07, 6.45) is 0.299. The Bertz CT molecular complexity index is 740. The Morgan fingerprint density at radius 2 is 1.64 bits per heavy atom. The first-order chi connectivity index (χ1) is 11.9. The van der Waals surface area contributed by atoms with Crippen molar-refractivity contribution in [1.29, 1.82) is 0 Å². The molecule has 6 heteroatoms. The van der Waals surface area contributed by atoms with Crippen molar-refractivity contribution in [2.45, 2.75) is 20.3 Å². The SMILES string of the molecule is CC(=O)N(CCNC(=O)Cc1ccc(C)cc1)c1c(Cl)cccc1Cl. The van der Waals surface area contributed by atoms with Crippen LogP contribution in [0, 0.1) is 6.92 Å². The topological polar surface area (TPSA) is 49.4 Å². The quantitative estimate of drug-likeness (QED) is 0.825. The van der Waals surface area contributed by atoms with Gasteiger partial charge in [0.15, 0.2) is 0 Å². The zero-order valence-electron chi connectivity index (χ0n) is 14.2. The van der Waals surface area contributed by atoms with Crippen LogP contribution in [0.25, 0.3) is 0 Å². The zero-order chi connectivity index (χ0) is 18.4. The van der Waals surface area contributed by atoms with Gasteiger partial charge in [-0.1, -0.05) is 59.1 Å². The van der Waals surface area contributed by atoms with Crippen molar-refractivity contribution in [3.63, 3.8) is 0 Å². The van der Waals surface area contributed by atoms with Crippen molar-refractivity contribution in [3.8, 4) is 0 Å². The predicted octanol–water partition coefficient (Wildman–Crippen LogP) is 4.01. The molecule has 2 rings (SSSR count). The first kappa shape index (κ1) is 19.3. The summed E-state index contributed by atoms with van der Waals surface area (Å²) in [4.78, 5) is 25.5. The molecular weight excluding hydrogens is 359 g/mol. The first-order valence-corrected chi connectivity index (χ1v) is 8.68. The summed E-state index contributed by atoms with van der Waals surface area (Å²) in [6.45, 7) is 4.04. The molecule has 0 fully saturated rings. The van der Waals surface area contributed by atoms with Crippen LogP contribution >= 0.6 is 23.2 Å². The Morgan fingerprint density at radius 1 is 1.04 bits per heavy atom. The zero-order valence-corrected chi connectivity index (χ0v) is 15.7. The van der Waals surface area contributed by atoms with Crippen LogP contribution < -0.4 is 10.2 Å². The minimum atomic E-state index is -0.192. The second kappa shape index (κ2) is 8.88. The van der Waals surface area contributed by atoms with Gasteiger partial charge in [0.05, 0.1) is 22.2 Å². The van der Waals surface area contributed by atoms with Crippen LogP contribution in [0.15, 0.2) is 42.5 Å². The van der Waals surface area contributed by atoms with Crippen molar-refractivity contribution in [3.05, 3.63) is 63.6 Å². The van der Waals surface area contributed by atoms with Gasteiger partial charge < -0.3 is 10.2 Å². The minimum absolute atomic E-state index is 0.0994. The Kier molecular flexibility index (Phi) is 6.85. The van der Waals surface area contributed by atoms with E-state index in [2.05, 4.69) is 5.32 Å². The maximum Gasteiger partial charge on any atom is 0.224 e. The average molecular weight is 379 g/mol. The summed E-state index contributed by atoms with van der Waals surface area (Å²) < 4.78 is 0. The van der Waals surface area contributed by atoms with Crippen LogP contribution in [-0.2, 0) is 16.0 Å². The van der Waals surface area contributed by atoms with E-state index in [1.165, 1.54) is 11.8 Å². The molecule has 0 atom stereocenters. The number of hydrogen-bond donors (Lipinski definition) is 1. The van der Waals surface area contributed by atoms with Gasteiger partial charge in [-0.2, -0.15) is 0 Å². The summed E-state index contributed by atoms with van der Waals surface area (Å²) in [5.41, 5.74) is 2.56. The number of benzene rings is 2. The molecular formula is C19H20Cl2N2O2. The molecule has 2 aromatic rings. The Hall–Kier alpha value is -2.04. The van der Waals surface area contributed by atoms with Crippen LogP contribution in [0.3, 0.4) is 0 Å². The fraction of sp³-hybridized carbons (Fsp3) is 0.263. The van der Waals surface area contributed by atoms with Gasteiger partial charge in [0, 0.05) is 20.0 Å². The number of anilines is 1. The molecule has 0 radical (unpaired) electrons. The van der Waals surface area contributed by atoms with Crippen molar-refractivity contribution in [2.75, 3.05) is 18.0 Å². The summed E-state index contributed by atoms with van der Waals surface area (Å²) in [5, 5.41) is 3.61. The van der Waals surface area contributed by atoms with E-state index in [0.29, 0.717) is 35.2 Å². The van der Waals surface area contributed by atoms with E-state index in [4.69, 9.17) is 23.2 Å². The molecule has 0 unspecified atom stereocenters. The number of nitrogens with one attached hydrogen (secondary N) is 1. The van der Waals surface area contributed by atoms with Crippen LogP contribution in [0.1, 0.15) is 18.1 Å². The first-order valence-electron chi connectivity index (χ1n) is 7.93. The molecule has 25 heavy (non-hydrogen) atoms. The fourth-order valence-corrected chi connectivity index (χ4v) is 3.04. The van der Waals surface area contributed by atoms with Gasteiger partial charge in [-0.15, -0.1) is 0 Å². The number of aryl methyl sites for hydroxylation is 1. The lowest BCUT2D eigenvalue weighted by molar-refractivity contribution is -0.121. The van der Waals surface area contributed by atoms with E-state index in [9.17, 15) is 9.59 Å². The van der Waals surface area contributed by atoms with E-state index in [-0.39, 0.29) is 11.8 Å². The molecule has 2 amide bonds. The highest BCUT2D eigenvalue weighted by Crippen LogP contribution is 2.33. The van der Waals surface area contributed by atoms with Crippen LogP contribution in [0.2, 0.25) is 10.0 Å². The third kappa shape index (κ3) is 5.48. The van der Waals surface area contributed by atoms with Gasteiger partial charge >= 0.3 is 0 Å². The second-order valence-electron chi connectivity index (χ2n) is 5.75. The molecule has 0 bridgehead atoms. The summed E-state index contributed by atoms with van der Waals surface area (Å²) in [5.74, 6) is -0.291. The Morgan fingerprint density at radius 3 is 2.20 bits per heavy atom. The molecule has 0 aliphatic carbocycles. The largest absolute Gasteiger partial charge is 0.354 e. The number of carbonyl (C=O) groups is 2. The molecule has 132 valence electrons. The van der Waals surface area contributed by atoms with Gasteiger partial charge in [0.25, 0.3) is 0 Å². The molecule has 2 aromatic carbocycles. The summed E-state index contributed by atoms with van der Waals surface area (Å²) >= 11 is 12.3. The Balaban J connectivity index is 1.94. The molecule has 0 aliphatic heterocycles. The Labute approximate surface area is 157 Å². The number of amides is 2. The molecule has 0 aliphatic rings. The number of hydrogen-bond acceptors (Lipinski definition) is 2. The van der Waals surface area contributed by atoms with E-state index >= 15 is 0 Å². The maximum absolute atomic E-state index is 12.1. The van der Waals surface area contributed by atoms with Crippen molar-refractivity contribution in [2.24, 2.45) is 0 Å². The third-order valence-corrected chi connectivity index (χ3v) is 4.34. The van der Waals surface area contributed by atoms with Crippen LogP contribution in [0.5, 0.6) is 0 Å². The van der Waals surface area contributed by atoms with E-state index < -0.39 is 0 Å². The number of para-hydroxylation sites is 1. The van der Waals surface area contributed by atoms with Gasteiger partial charge in [0.1, 0.15) is 0 Å². The molecule has 4 nitrogen and oxygen atoms in total. The van der Waals surface area contributed by atoms with E-state index in [0.717, 1.165) is 11.1 Å². The molecule has 0 saturated heterocycles. The van der Waals surface area contributed by atoms with Crippen molar-refractivity contribution < 1.29 is 9.59 Å². The number of halogens is 2. The molecule has 0 heterocycles. The standard InChI is InChI=1S/C19H20Cl2N2O2/c1-13-6-8-15(9-7-13)12-18(25)22-10-11-23(14(2)24)19-16(20)4-3-5-17(19)21/h3-9H,10-12H2,1-2H3,(H,22,25). The number of rotatable bonds is 6. The van der Waals surface area contributed by atoms with Crippen LogP contribution in [-0.4, -0.2) is 24.9 Å². The lowest BCUT2D eigenvalue weighted by atomic mass is 10.1. The van der Waals surface area contributed by atoms with E-state index in [1.54, 1.807) is 18.2 Å². The fourth-order valence-electron chi connectivity index (χ4n) is 2.43. The molecule has 1 N–H and O–H groups in total. The highest BCUT2D eigenvalue weighted by Gasteiger charge is 2.18. The summed E-state index contributed by atoms with van der Waals surface area (Å²) in [6, 6.07) is 12.9. The monoisotopic (exact) mass is 378 g/mol. The van der Waals surface area contributed by atoms with Crippen LogP contribution in [0.4, 0.5) is 5.69 Å². The number of carbonyl (C=O) groups excluding carboxylic acids is 2. The third-order valence-electron chi connectivity index (χ3n) is 3.73. The average Bonchev–Trinajstić information content (AvgIpc) is 2.55. The maximum atomic E-state index is 12.1. The molecule has 0 aromatic heterocycles. The molecule has 0 saturated carbocycles. The van der Waals surface area contributed by atoms with Gasteiger partial charge in [-0.25, -0.2) is 0 Å². The molecule has 0 spiro atoms. The summed E-state index contributed by atoms with van der Waals surface area (Å²) in [7, 11) is 0. The van der Waals surface area contributed by atoms with Gasteiger partial charge in [-0.05, 0) is 24.6 Å². The second-order valence-corrected chi connectivity index (χ2v) is 6.57. The van der Waals surface area contributed by atoms with Gasteiger partial charge in [0.2, 0.25) is 11.8 Å². The van der Waals surface area contributed by atoms with Gasteiger partial charge in [-0.3, -0.25) is 9.59 Å². The van der Waals surface area contributed by atoms with Crippen molar-refractivity contribution >= 4 is 40.7 Å². The highest BCUT2D eigenvalue weighted by atomic mass is 35.5. The predicted molar refractivity (Wildman–Crippen MR) is 102 cm³/mol.